The molecule has 0 bridgehead atoms. The highest BCUT2D eigenvalue weighted by Crippen LogP contribution is 2.40. The number of Topliss-reactive ketones (excluding diaryl/α,β-unsaturated/α-hetero) is 1. The van der Waals surface area contributed by atoms with Gasteiger partial charge in [-0.1, -0.05) is 18.3 Å². The van der Waals surface area contributed by atoms with Crippen LogP contribution >= 0.6 is 24.0 Å². The molecule has 0 aromatic rings. The van der Waals surface area contributed by atoms with Crippen molar-refractivity contribution < 1.29 is 4.79 Å². The lowest BCUT2D eigenvalue weighted by atomic mass is 9.86. The van der Waals surface area contributed by atoms with E-state index >= 15 is 0 Å². The molecule has 13 heavy (non-hydrogen) atoms. The highest BCUT2D eigenvalue weighted by Gasteiger charge is 2.37. The van der Waals surface area contributed by atoms with Crippen LogP contribution in [0.5, 0.6) is 0 Å². The minimum atomic E-state index is 0.116. The van der Waals surface area contributed by atoms with Crippen molar-refractivity contribution in [2.75, 3.05) is 5.75 Å². The minimum absolute atomic E-state index is 0.116. The lowest BCUT2D eigenvalue weighted by Gasteiger charge is -2.18. The van der Waals surface area contributed by atoms with Crippen molar-refractivity contribution in [2.45, 2.75) is 18.1 Å². The van der Waals surface area contributed by atoms with E-state index in [-0.39, 0.29) is 11.2 Å². The van der Waals surface area contributed by atoms with Crippen molar-refractivity contribution in [3.8, 4) is 0 Å². The Morgan fingerprint density at radius 3 is 3.15 bits per heavy atom. The summed E-state index contributed by atoms with van der Waals surface area (Å²) in [5, 5.41) is 0.129. The third kappa shape index (κ3) is 1.53. The first-order chi connectivity index (χ1) is 6.20. The second-order valence-electron chi connectivity index (χ2n) is 3.38. The van der Waals surface area contributed by atoms with Gasteiger partial charge >= 0.3 is 0 Å². The van der Waals surface area contributed by atoms with E-state index in [9.17, 15) is 4.79 Å². The number of allylic oxidation sites excluding steroid dienone is 1. The molecule has 2 unspecified atom stereocenters. The van der Waals surface area contributed by atoms with Crippen LogP contribution < -0.4 is 5.73 Å². The second kappa shape index (κ2) is 3.42. The van der Waals surface area contributed by atoms with Crippen molar-refractivity contribution >= 4 is 34.8 Å². The zero-order chi connectivity index (χ0) is 9.42. The molecule has 0 saturated carbocycles. The summed E-state index contributed by atoms with van der Waals surface area (Å²) < 4.78 is 0. The average molecular weight is 213 g/mol. The van der Waals surface area contributed by atoms with Crippen LogP contribution in [0.1, 0.15) is 12.8 Å². The molecule has 0 radical (unpaired) electrons. The molecule has 2 atom stereocenters. The summed E-state index contributed by atoms with van der Waals surface area (Å²) in [5.74, 6) is 1.35. The lowest BCUT2D eigenvalue weighted by Crippen LogP contribution is -2.27. The van der Waals surface area contributed by atoms with Crippen LogP contribution in [0.2, 0.25) is 0 Å². The van der Waals surface area contributed by atoms with Crippen LogP contribution in [-0.4, -0.2) is 21.8 Å². The van der Waals surface area contributed by atoms with Gasteiger partial charge in [0.25, 0.3) is 0 Å². The monoisotopic (exact) mass is 213 g/mol. The van der Waals surface area contributed by atoms with Crippen LogP contribution in [0, 0.1) is 5.92 Å². The van der Waals surface area contributed by atoms with Crippen LogP contribution in [0.25, 0.3) is 0 Å². The number of hydrogen-bond acceptors (Lipinski definition) is 3. The molecular formula is C9H11NOS2. The summed E-state index contributed by atoms with van der Waals surface area (Å²) in [6.07, 6.45) is 3.71. The van der Waals surface area contributed by atoms with Crippen molar-refractivity contribution in [1.29, 1.82) is 0 Å². The number of hydrogen-bond donors (Lipinski definition) is 1. The van der Waals surface area contributed by atoms with Gasteiger partial charge in [0.2, 0.25) is 0 Å². The standard InChI is InChI=1S/C9H11NOS2/c10-9(12)8-5-2-1-3-7(11)6(5)4-13-8/h2,6,8H,1,3-4H2,(H2,10,12). The molecule has 0 amide bonds. The highest BCUT2D eigenvalue weighted by atomic mass is 32.2. The number of rotatable bonds is 1. The van der Waals surface area contributed by atoms with Gasteiger partial charge in [0.15, 0.2) is 0 Å². The molecule has 4 heteroatoms. The second-order valence-corrected chi connectivity index (χ2v) is 4.99. The van der Waals surface area contributed by atoms with E-state index < -0.39 is 0 Å². The third-order valence-electron chi connectivity index (χ3n) is 2.55. The van der Waals surface area contributed by atoms with Crippen molar-refractivity contribution in [3.63, 3.8) is 0 Å². The molecule has 2 nitrogen and oxygen atoms in total. The summed E-state index contributed by atoms with van der Waals surface area (Å²) in [6, 6.07) is 0. The lowest BCUT2D eigenvalue weighted by molar-refractivity contribution is -0.121. The largest absolute Gasteiger partial charge is 0.392 e. The van der Waals surface area contributed by atoms with Gasteiger partial charge < -0.3 is 5.73 Å². The van der Waals surface area contributed by atoms with Crippen molar-refractivity contribution in [1.82, 2.24) is 0 Å². The fourth-order valence-corrected chi connectivity index (χ4v) is 3.62. The first-order valence-electron chi connectivity index (χ1n) is 4.33. The van der Waals surface area contributed by atoms with E-state index in [1.807, 2.05) is 0 Å². The van der Waals surface area contributed by atoms with E-state index in [2.05, 4.69) is 6.08 Å². The number of ketones is 1. The molecule has 1 heterocycles. The maximum Gasteiger partial charge on any atom is 0.141 e. The Hall–Kier alpha value is -0.350. The van der Waals surface area contributed by atoms with Gasteiger partial charge in [-0.2, -0.15) is 0 Å². The molecule has 1 fully saturated rings. The molecular weight excluding hydrogens is 202 g/mol. The summed E-state index contributed by atoms with van der Waals surface area (Å²) in [5.41, 5.74) is 6.78. The number of nitrogens with two attached hydrogens (primary N) is 1. The molecule has 2 rings (SSSR count). The topological polar surface area (TPSA) is 43.1 Å². The SMILES string of the molecule is NC(=S)C1SCC2C(=O)CCC=C21. The van der Waals surface area contributed by atoms with Gasteiger partial charge in [-0.05, 0) is 12.0 Å². The predicted octanol–water partition coefficient (Wildman–Crippen LogP) is 1.29. The van der Waals surface area contributed by atoms with Gasteiger partial charge in [-0.15, -0.1) is 11.8 Å². The fraction of sp³-hybridized carbons (Fsp3) is 0.556. The maximum atomic E-state index is 11.5. The molecule has 2 aliphatic rings. The predicted molar refractivity (Wildman–Crippen MR) is 58.8 cm³/mol. The van der Waals surface area contributed by atoms with Gasteiger partial charge in [0.05, 0.1) is 10.2 Å². The van der Waals surface area contributed by atoms with Gasteiger partial charge in [-0.25, -0.2) is 0 Å². The van der Waals surface area contributed by atoms with E-state index in [1.54, 1.807) is 11.8 Å². The molecule has 1 aliphatic heterocycles. The quantitative estimate of drug-likeness (QED) is 0.526. The number of carbonyl (C=O) groups excluding carboxylic acids is 1. The Bertz CT molecular complexity index is 298. The zero-order valence-electron chi connectivity index (χ0n) is 7.16. The Balaban J connectivity index is 2.27. The van der Waals surface area contributed by atoms with E-state index in [0.717, 1.165) is 12.2 Å². The number of carbonyl (C=O) groups is 1. The fourth-order valence-electron chi connectivity index (χ4n) is 1.90. The minimum Gasteiger partial charge on any atom is -0.392 e. The Kier molecular flexibility index (Phi) is 2.43. The van der Waals surface area contributed by atoms with E-state index in [1.165, 1.54) is 5.57 Å². The van der Waals surface area contributed by atoms with E-state index in [0.29, 0.717) is 17.2 Å². The van der Waals surface area contributed by atoms with Crippen molar-refractivity contribution in [2.24, 2.45) is 11.7 Å². The third-order valence-corrected chi connectivity index (χ3v) is 4.32. The van der Waals surface area contributed by atoms with E-state index in [4.69, 9.17) is 18.0 Å². The van der Waals surface area contributed by atoms with Crippen LogP contribution in [0.4, 0.5) is 0 Å². The molecule has 70 valence electrons. The number of fused-ring (bicyclic) bond motifs is 1. The van der Waals surface area contributed by atoms with Crippen molar-refractivity contribution in [3.05, 3.63) is 11.6 Å². The summed E-state index contributed by atoms with van der Waals surface area (Å²) in [6.45, 7) is 0. The number of thiocarbonyl (C=S) groups is 1. The van der Waals surface area contributed by atoms with Crippen LogP contribution in [-0.2, 0) is 4.79 Å². The first-order valence-corrected chi connectivity index (χ1v) is 5.79. The first kappa shape index (κ1) is 9.21. The maximum absolute atomic E-state index is 11.5. The summed E-state index contributed by atoms with van der Waals surface area (Å²) in [7, 11) is 0. The molecule has 1 aliphatic carbocycles. The smallest absolute Gasteiger partial charge is 0.141 e. The normalized spacial score (nSPS) is 32.6. The Labute approximate surface area is 86.9 Å². The van der Waals surface area contributed by atoms with Gasteiger partial charge in [-0.3, -0.25) is 4.79 Å². The number of thioether (sulfide) groups is 1. The van der Waals surface area contributed by atoms with Crippen LogP contribution in [0.3, 0.4) is 0 Å². The highest BCUT2D eigenvalue weighted by molar-refractivity contribution is 8.02. The zero-order valence-corrected chi connectivity index (χ0v) is 8.79. The summed E-state index contributed by atoms with van der Waals surface area (Å²) in [4.78, 5) is 12.0. The summed E-state index contributed by atoms with van der Waals surface area (Å²) >= 11 is 6.67. The van der Waals surface area contributed by atoms with Gasteiger partial charge in [0, 0.05) is 18.1 Å². The van der Waals surface area contributed by atoms with Crippen LogP contribution in [0.15, 0.2) is 11.6 Å². The molecule has 2 N–H and O–H groups in total. The average Bonchev–Trinajstić information content (AvgIpc) is 2.48. The molecule has 0 spiro atoms. The molecule has 0 aromatic carbocycles. The Morgan fingerprint density at radius 1 is 1.69 bits per heavy atom. The Morgan fingerprint density at radius 2 is 2.46 bits per heavy atom. The van der Waals surface area contributed by atoms with Gasteiger partial charge in [0.1, 0.15) is 5.78 Å². The molecule has 1 saturated heterocycles. The molecule has 0 aromatic heterocycles.